The molecule has 0 fully saturated rings. The lowest BCUT2D eigenvalue weighted by Crippen LogP contribution is -2.42. The lowest BCUT2D eigenvalue weighted by Gasteiger charge is -2.35. The Kier molecular flexibility index (Phi) is 5.39. The minimum Gasteiger partial charge on any atom is -0.323 e. The molecule has 0 spiro atoms. The number of hydrogen-bond donors (Lipinski definition) is 0. The number of carbonyl (C=O) groups excluding carboxylic acids is 1. The van der Waals surface area contributed by atoms with Crippen molar-refractivity contribution in [3.63, 3.8) is 0 Å². The SMILES string of the molecule is CN1Cc2cnc3ccc(-c4ccc(-n5cccn5)nc4)nc3c2N(c2ccc(C(C)(C)C#N)cc2)C1=O. The number of hydrogen-bond acceptors (Lipinski definition) is 6. The summed E-state index contributed by atoms with van der Waals surface area (Å²) in [6, 6.07) is 19.2. The van der Waals surface area contributed by atoms with Crippen LogP contribution in [-0.2, 0) is 12.0 Å². The molecule has 0 N–H and O–H groups in total. The van der Waals surface area contributed by atoms with Gasteiger partial charge in [0.2, 0.25) is 0 Å². The second-order valence-electron chi connectivity index (χ2n) is 9.81. The Morgan fingerprint density at radius 2 is 1.82 bits per heavy atom. The topological polar surface area (TPSA) is 104 Å². The Morgan fingerprint density at radius 3 is 2.50 bits per heavy atom. The molecule has 2 amide bonds. The number of urea groups is 1. The van der Waals surface area contributed by atoms with E-state index in [0.717, 1.165) is 22.4 Å². The van der Waals surface area contributed by atoms with Crippen LogP contribution < -0.4 is 4.90 Å². The first-order valence-electron chi connectivity index (χ1n) is 12.2. The highest BCUT2D eigenvalue weighted by molar-refractivity contribution is 6.08. The molecule has 0 atom stereocenters. The number of amides is 2. The number of rotatable bonds is 4. The summed E-state index contributed by atoms with van der Waals surface area (Å²) in [5.74, 6) is 0.710. The summed E-state index contributed by atoms with van der Waals surface area (Å²) in [6.07, 6.45) is 7.12. The molecule has 0 unspecified atom stereocenters. The van der Waals surface area contributed by atoms with Crippen molar-refractivity contribution >= 4 is 28.4 Å². The van der Waals surface area contributed by atoms with E-state index in [2.05, 4.69) is 21.1 Å². The maximum absolute atomic E-state index is 13.5. The zero-order valence-electron chi connectivity index (χ0n) is 21.2. The maximum Gasteiger partial charge on any atom is 0.329 e. The number of nitriles is 1. The van der Waals surface area contributed by atoms with E-state index in [1.54, 1.807) is 33.9 Å². The molecule has 0 saturated carbocycles. The van der Waals surface area contributed by atoms with Crippen molar-refractivity contribution in [3.8, 4) is 23.1 Å². The summed E-state index contributed by atoms with van der Waals surface area (Å²) in [5.41, 5.74) is 5.47. The van der Waals surface area contributed by atoms with Gasteiger partial charge in [-0.3, -0.25) is 9.88 Å². The van der Waals surface area contributed by atoms with Crippen LogP contribution in [-0.4, -0.2) is 42.7 Å². The number of pyridine rings is 3. The molecule has 0 saturated heterocycles. The smallest absolute Gasteiger partial charge is 0.323 e. The van der Waals surface area contributed by atoms with Crippen LogP contribution in [0.25, 0.3) is 28.1 Å². The number of anilines is 2. The Bertz CT molecular complexity index is 1700. The maximum atomic E-state index is 13.5. The molecule has 9 heteroatoms. The minimum atomic E-state index is -0.632. The normalized spacial score (nSPS) is 13.5. The van der Waals surface area contributed by atoms with Crippen LogP contribution >= 0.6 is 0 Å². The first-order chi connectivity index (χ1) is 18.4. The average Bonchev–Trinajstić information content (AvgIpc) is 3.49. The van der Waals surface area contributed by atoms with E-state index in [9.17, 15) is 10.1 Å². The fraction of sp³-hybridized carbons (Fsp3) is 0.172. The van der Waals surface area contributed by atoms with E-state index in [-0.39, 0.29) is 6.03 Å². The molecule has 38 heavy (non-hydrogen) atoms. The summed E-state index contributed by atoms with van der Waals surface area (Å²) in [6.45, 7) is 4.18. The summed E-state index contributed by atoms with van der Waals surface area (Å²) in [5, 5.41) is 13.8. The highest BCUT2D eigenvalue weighted by Crippen LogP contribution is 2.39. The lowest BCUT2D eigenvalue weighted by molar-refractivity contribution is 0.213. The summed E-state index contributed by atoms with van der Waals surface area (Å²) < 4.78 is 1.70. The van der Waals surface area contributed by atoms with Crippen molar-refractivity contribution in [1.29, 1.82) is 5.26 Å². The van der Waals surface area contributed by atoms with Gasteiger partial charge < -0.3 is 4.90 Å². The van der Waals surface area contributed by atoms with Gasteiger partial charge >= 0.3 is 6.03 Å². The molecule has 5 aromatic rings. The van der Waals surface area contributed by atoms with E-state index < -0.39 is 5.41 Å². The number of benzene rings is 1. The van der Waals surface area contributed by atoms with Crippen LogP contribution in [0, 0.1) is 11.3 Å². The predicted octanol–water partition coefficient (Wildman–Crippen LogP) is 5.38. The number of nitrogens with zero attached hydrogens (tertiary/aromatic N) is 8. The summed E-state index contributed by atoms with van der Waals surface area (Å²) >= 11 is 0. The van der Waals surface area contributed by atoms with E-state index in [4.69, 9.17) is 4.98 Å². The number of aromatic nitrogens is 5. The van der Waals surface area contributed by atoms with E-state index in [1.807, 2.05) is 80.8 Å². The van der Waals surface area contributed by atoms with Gasteiger partial charge in [-0.2, -0.15) is 10.4 Å². The Labute approximate surface area is 219 Å². The quantitative estimate of drug-likeness (QED) is 0.328. The molecule has 9 nitrogen and oxygen atoms in total. The van der Waals surface area contributed by atoms with E-state index in [0.29, 0.717) is 34.8 Å². The Hall–Kier alpha value is -5.10. The number of fused-ring (bicyclic) bond motifs is 3. The van der Waals surface area contributed by atoms with Gasteiger partial charge in [-0.1, -0.05) is 12.1 Å². The van der Waals surface area contributed by atoms with Crippen LogP contribution in [0.2, 0.25) is 0 Å². The molecule has 0 aliphatic carbocycles. The average molecular weight is 501 g/mol. The van der Waals surface area contributed by atoms with Crippen molar-refractivity contribution in [1.82, 2.24) is 29.6 Å². The lowest BCUT2D eigenvalue weighted by atomic mass is 9.86. The zero-order valence-corrected chi connectivity index (χ0v) is 21.2. The fourth-order valence-corrected chi connectivity index (χ4v) is 4.62. The van der Waals surface area contributed by atoms with E-state index >= 15 is 0 Å². The third-order valence-corrected chi connectivity index (χ3v) is 6.82. The predicted molar refractivity (Wildman–Crippen MR) is 144 cm³/mol. The highest BCUT2D eigenvalue weighted by Gasteiger charge is 2.32. The molecule has 1 aliphatic rings. The summed E-state index contributed by atoms with van der Waals surface area (Å²) in [4.78, 5) is 31.0. The van der Waals surface area contributed by atoms with Gasteiger partial charge in [0.1, 0.15) is 5.52 Å². The largest absolute Gasteiger partial charge is 0.329 e. The van der Waals surface area contributed by atoms with E-state index in [1.165, 1.54) is 0 Å². The van der Waals surface area contributed by atoms with Gasteiger partial charge in [0.25, 0.3) is 0 Å². The molecular weight excluding hydrogens is 476 g/mol. The van der Waals surface area contributed by atoms with Gasteiger partial charge in [0.05, 0.1) is 40.6 Å². The fourth-order valence-electron chi connectivity index (χ4n) is 4.62. The first kappa shape index (κ1) is 23.3. The van der Waals surface area contributed by atoms with Gasteiger partial charge in [-0.15, -0.1) is 0 Å². The van der Waals surface area contributed by atoms with Crippen molar-refractivity contribution in [2.75, 3.05) is 11.9 Å². The molecule has 0 bridgehead atoms. The van der Waals surface area contributed by atoms with Crippen LogP contribution in [0.4, 0.5) is 16.2 Å². The second kappa shape index (κ2) is 8.78. The molecular formula is C29H24N8O. The molecule has 0 radical (unpaired) electrons. The monoisotopic (exact) mass is 500 g/mol. The standard InChI is InChI=1S/C29H24N8O/c1-29(2,18-30)21-6-8-22(9-7-21)37-27-20(17-35(3)28(37)38)16-31-24-11-10-23(34-26(24)27)19-5-12-25(32-15-19)36-14-4-13-33-36/h4-16H,17H2,1-3H3. The van der Waals surface area contributed by atoms with Gasteiger partial charge in [-0.05, 0) is 61.9 Å². The van der Waals surface area contributed by atoms with Crippen molar-refractivity contribution < 1.29 is 4.79 Å². The molecule has 4 aromatic heterocycles. The Balaban J connectivity index is 1.47. The molecule has 186 valence electrons. The van der Waals surface area contributed by atoms with Crippen LogP contribution in [0.1, 0.15) is 25.0 Å². The molecule has 5 heterocycles. The summed E-state index contributed by atoms with van der Waals surface area (Å²) in [7, 11) is 1.77. The van der Waals surface area contributed by atoms with Gasteiger partial charge in [0.15, 0.2) is 5.82 Å². The highest BCUT2D eigenvalue weighted by atomic mass is 16.2. The van der Waals surface area contributed by atoms with Crippen molar-refractivity contribution in [3.05, 3.63) is 90.5 Å². The molecule has 6 rings (SSSR count). The van der Waals surface area contributed by atoms with Crippen molar-refractivity contribution in [2.45, 2.75) is 25.8 Å². The van der Waals surface area contributed by atoms with Crippen molar-refractivity contribution in [2.24, 2.45) is 0 Å². The molecule has 1 aliphatic heterocycles. The zero-order chi connectivity index (χ0) is 26.4. The second-order valence-corrected chi connectivity index (χ2v) is 9.81. The van der Waals surface area contributed by atoms with Crippen LogP contribution in [0.3, 0.4) is 0 Å². The van der Waals surface area contributed by atoms with Gasteiger partial charge in [0, 0.05) is 43.0 Å². The Morgan fingerprint density at radius 1 is 1.00 bits per heavy atom. The van der Waals surface area contributed by atoms with Crippen LogP contribution in [0.15, 0.2) is 79.4 Å². The third kappa shape index (κ3) is 3.83. The minimum absolute atomic E-state index is 0.158. The number of carbonyl (C=O) groups is 1. The third-order valence-electron chi connectivity index (χ3n) is 6.82. The van der Waals surface area contributed by atoms with Crippen LogP contribution in [0.5, 0.6) is 0 Å². The molecule has 1 aromatic carbocycles. The first-order valence-corrected chi connectivity index (χ1v) is 12.2. The van der Waals surface area contributed by atoms with Gasteiger partial charge in [-0.25, -0.2) is 19.4 Å².